The van der Waals surface area contributed by atoms with Gasteiger partial charge in [0.1, 0.15) is 0 Å². The fraction of sp³-hybridized carbons (Fsp3) is 0.840. The fourth-order valence-electron chi connectivity index (χ4n) is 4.83. The van der Waals surface area contributed by atoms with Crippen molar-refractivity contribution in [3.63, 3.8) is 0 Å². The van der Waals surface area contributed by atoms with Crippen LogP contribution in [0.5, 0.6) is 0 Å². The Labute approximate surface area is 158 Å². The van der Waals surface area contributed by atoms with Crippen LogP contribution in [0.4, 0.5) is 0 Å². The van der Waals surface area contributed by atoms with E-state index >= 15 is 0 Å². The molecule has 0 bridgehead atoms. The molecule has 0 aromatic rings. The molecule has 0 aromatic heterocycles. The molecule has 0 aliphatic heterocycles. The summed E-state index contributed by atoms with van der Waals surface area (Å²) in [4.78, 5) is 0. The van der Waals surface area contributed by atoms with Crippen molar-refractivity contribution >= 4 is 0 Å². The highest BCUT2D eigenvalue weighted by atomic mass is 14.3. The molecule has 2 aliphatic rings. The topological polar surface area (TPSA) is 0 Å². The molecule has 2 aliphatic carbocycles. The number of unbranched alkanes of at least 4 members (excludes halogenated alkanes) is 1. The van der Waals surface area contributed by atoms with E-state index in [9.17, 15) is 0 Å². The van der Waals surface area contributed by atoms with Gasteiger partial charge in [0.05, 0.1) is 0 Å². The summed E-state index contributed by atoms with van der Waals surface area (Å²) in [7, 11) is 0. The van der Waals surface area contributed by atoms with Crippen LogP contribution in [0.3, 0.4) is 0 Å². The van der Waals surface area contributed by atoms with Crippen LogP contribution in [-0.2, 0) is 0 Å². The lowest BCUT2D eigenvalue weighted by Crippen LogP contribution is -2.14. The van der Waals surface area contributed by atoms with E-state index in [0.29, 0.717) is 0 Å². The van der Waals surface area contributed by atoms with Gasteiger partial charge in [-0.05, 0) is 74.7 Å². The van der Waals surface area contributed by atoms with Crippen LogP contribution in [0, 0.1) is 23.7 Å². The summed E-state index contributed by atoms with van der Waals surface area (Å²) in [5.41, 5.74) is 5.13. The maximum Gasteiger partial charge on any atom is -0.0277 e. The zero-order valence-electron chi connectivity index (χ0n) is 17.9. The van der Waals surface area contributed by atoms with Crippen LogP contribution < -0.4 is 0 Å². The van der Waals surface area contributed by atoms with Crippen molar-refractivity contribution in [2.45, 2.75) is 112 Å². The molecule has 4 unspecified atom stereocenters. The third-order valence-corrected chi connectivity index (χ3v) is 7.22. The van der Waals surface area contributed by atoms with Gasteiger partial charge >= 0.3 is 0 Å². The Bertz CT molecular complexity index is 453. The highest BCUT2D eigenvalue weighted by Crippen LogP contribution is 2.39. The molecule has 0 nitrogen and oxygen atoms in total. The first kappa shape index (κ1) is 20.8. The summed E-state index contributed by atoms with van der Waals surface area (Å²) in [6.45, 7) is 12.1. The van der Waals surface area contributed by atoms with Gasteiger partial charge in [0.2, 0.25) is 0 Å². The maximum atomic E-state index is 2.50. The van der Waals surface area contributed by atoms with Gasteiger partial charge in [-0.15, -0.1) is 0 Å². The van der Waals surface area contributed by atoms with E-state index in [4.69, 9.17) is 0 Å². The van der Waals surface area contributed by atoms with Crippen LogP contribution in [0.2, 0.25) is 0 Å². The summed E-state index contributed by atoms with van der Waals surface area (Å²) in [6, 6.07) is 0. The monoisotopic (exact) mass is 344 g/mol. The van der Waals surface area contributed by atoms with Gasteiger partial charge in [-0.2, -0.15) is 0 Å². The van der Waals surface area contributed by atoms with E-state index in [1.54, 1.807) is 11.1 Å². The minimum Gasteiger partial charge on any atom is -0.0727 e. The Kier molecular flexibility index (Phi) is 8.80. The van der Waals surface area contributed by atoms with Crippen molar-refractivity contribution in [1.29, 1.82) is 0 Å². The zero-order valence-corrected chi connectivity index (χ0v) is 17.9. The van der Waals surface area contributed by atoms with Gasteiger partial charge < -0.3 is 0 Å². The summed E-state index contributed by atoms with van der Waals surface area (Å²) < 4.78 is 0. The van der Waals surface area contributed by atoms with Crippen LogP contribution in [0.15, 0.2) is 22.8 Å². The van der Waals surface area contributed by atoms with Gasteiger partial charge in [0.15, 0.2) is 0 Å². The van der Waals surface area contributed by atoms with E-state index in [1.165, 1.54) is 77.0 Å². The molecule has 0 aromatic carbocycles. The first-order chi connectivity index (χ1) is 12.0. The lowest BCUT2D eigenvalue weighted by molar-refractivity contribution is 0.294. The van der Waals surface area contributed by atoms with Crippen molar-refractivity contribution in [2.75, 3.05) is 0 Å². The SMILES string of the molecule is CCCCC(C)C(C)CCC(C)CCC1CCC2=C(CCC(C)=C2)C1. The van der Waals surface area contributed by atoms with Gasteiger partial charge in [0.25, 0.3) is 0 Å². The third kappa shape index (κ3) is 6.95. The standard InChI is InChI=1S/C25H44/c1-6-7-8-21(4)22(5)12-9-19(2)10-13-23-14-16-24-17-20(3)11-15-25(24)18-23/h17,19,21-23H,6-16,18H2,1-5H3. The van der Waals surface area contributed by atoms with Gasteiger partial charge in [0, 0.05) is 0 Å². The number of rotatable bonds is 10. The minimum absolute atomic E-state index is 0.911. The second kappa shape index (κ2) is 10.6. The highest BCUT2D eigenvalue weighted by Gasteiger charge is 2.22. The van der Waals surface area contributed by atoms with Crippen molar-refractivity contribution in [3.05, 3.63) is 22.8 Å². The van der Waals surface area contributed by atoms with E-state index in [2.05, 4.69) is 40.7 Å². The zero-order chi connectivity index (χ0) is 18.2. The van der Waals surface area contributed by atoms with Gasteiger partial charge in [-0.3, -0.25) is 0 Å². The second-order valence-electron chi connectivity index (χ2n) is 9.58. The molecule has 0 heterocycles. The summed E-state index contributed by atoms with van der Waals surface area (Å²) in [5, 5.41) is 0. The summed E-state index contributed by atoms with van der Waals surface area (Å²) in [5.74, 6) is 3.73. The minimum atomic E-state index is 0.911. The molecule has 0 amide bonds. The average Bonchev–Trinajstić information content (AvgIpc) is 2.62. The Balaban J connectivity index is 1.65. The van der Waals surface area contributed by atoms with Gasteiger partial charge in [-0.25, -0.2) is 0 Å². The predicted molar refractivity (Wildman–Crippen MR) is 113 cm³/mol. The quantitative estimate of drug-likeness (QED) is 0.372. The molecular formula is C25H44. The molecule has 0 spiro atoms. The molecule has 0 saturated carbocycles. The molecule has 0 fully saturated rings. The molecule has 2 rings (SSSR count). The normalized spacial score (nSPS) is 24.5. The molecule has 0 N–H and O–H groups in total. The molecule has 0 saturated heterocycles. The average molecular weight is 345 g/mol. The molecule has 144 valence electrons. The highest BCUT2D eigenvalue weighted by molar-refractivity contribution is 5.34. The predicted octanol–water partition coefficient (Wildman–Crippen LogP) is 8.48. The van der Waals surface area contributed by atoms with Crippen LogP contribution in [0.25, 0.3) is 0 Å². The third-order valence-electron chi connectivity index (χ3n) is 7.22. The number of hydrogen-bond acceptors (Lipinski definition) is 0. The first-order valence-electron chi connectivity index (χ1n) is 11.4. The van der Waals surface area contributed by atoms with Crippen LogP contribution >= 0.6 is 0 Å². The van der Waals surface area contributed by atoms with Crippen molar-refractivity contribution < 1.29 is 0 Å². The Morgan fingerprint density at radius 3 is 2.48 bits per heavy atom. The Morgan fingerprint density at radius 1 is 0.960 bits per heavy atom. The molecular weight excluding hydrogens is 300 g/mol. The van der Waals surface area contributed by atoms with Crippen LogP contribution in [-0.4, -0.2) is 0 Å². The lowest BCUT2D eigenvalue weighted by atomic mass is 9.76. The summed E-state index contributed by atoms with van der Waals surface area (Å²) in [6.07, 6.45) is 19.4. The number of hydrogen-bond donors (Lipinski definition) is 0. The molecule has 0 radical (unpaired) electrons. The molecule has 4 atom stereocenters. The largest absolute Gasteiger partial charge is 0.0727 e. The first-order valence-corrected chi connectivity index (χ1v) is 11.4. The molecule has 0 heteroatoms. The van der Waals surface area contributed by atoms with E-state index in [-0.39, 0.29) is 0 Å². The van der Waals surface area contributed by atoms with Gasteiger partial charge in [-0.1, -0.05) is 83.4 Å². The maximum absolute atomic E-state index is 2.50. The second-order valence-corrected chi connectivity index (χ2v) is 9.58. The van der Waals surface area contributed by atoms with Crippen LogP contribution in [0.1, 0.15) is 112 Å². The molecule has 25 heavy (non-hydrogen) atoms. The smallest absolute Gasteiger partial charge is 0.0277 e. The van der Waals surface area contributed by atoms with E-state index in [1.807, 2.05) is 5.57 Å². The fourth-order valence-corrected chi connectivity index (χ4v) is 4.83. The Morgan fingerprint density at radius 2 is 1.72 bits per heavy atom. The van der Waals surface area contributed by atoms with E-state index < -0.39 is 0 Å². The number of allylic oxidation sites excluding steroid dienone is 4. The van der Waals surface area contributed by atoms with E-state index in [0.717, 1.165) is 23.7 Å². The van der Waals surface area contributed by atoms with Crippen molar-refractivity contribution in [2.24, 2.45) is 23.7 Å². The van der Waals surface area contributed by atoms with Crippen molar-refractivity contribution in [3.8, 4) is 0 Å². The Hall–Kier alpha value is -0.520. The summed E-state index contributed by atoms with van der Waals surface area (Å²) >= 11 is 0. The van der Waals surface area contributed by atoms with Crippen molar-refractivity contribution in [1.82, 2.24) is 0 Å². The lowest BCUT2D eigenvalue weighted by Gasteiger charge is -2.30.